The monoisotopic (exact) mass is 366 g/mol. The highest BCUT2D eigenvalue weighted by Gasteiger charge is 2.23. The summed E-state index contributed by atoms with van der Waals surface area (Å²) in [6, 6.07) is 10.6. The summed E-state index contributed by atoms with van der Waals surface area (Å²) in [6.07, 6.45) is 5.11. The third kappa shape index (κ3) is 3.97. The van der Waals surface area contributed by atoms with Crippen LogP contribution in [0.3, 0.4) is 0 Å². The van der Waals surface area contributed by atoms with Crippen molar-refractivity contribution in [2.24, 2.45) is 0 Å². The van der Waals surface area contributed by atoms with Crippen molar-refractivity contribution in [3.63, 3.8) is 0 Å². The molecule has 0 bridgehead atoms. The zero-order valence-electron chi connectivity index (χ0n) is 15.6. The SMILES string of the molecule is COc1cc(/C=C2\CC/C(=C\c3ccc(OC)c(OC)c3)C2=O)ccc1O. The average Bonchev–Trinajstić information content (AvgIpc) is 3.02. The Labute approximate surface area is 158 Å². The van der Waals surface area contributed by atoms with Gasteiger partial charge in [0.15, 0.2) is 28.8 Å². The molecule has 1 N–H and O–H groups in total. The molecule has 5 heteroatoms. The first-order valence-electron chi connectivity index (χ1n) is 8.60. The maximum Gasteiger partial charge on any atom is 0.185 e. The number of benzene rings is 2. The van der Waals surface area contributed by atoms with Gasteiger partial charge < -0.3 is 19.3 Å². The van der Waals surface area contributed by atoms with E-state index >= 15 is 0 Å². The van der Waals surface area contributed by atoms with Gasteiger partial charge in [-0.1, -0.05) is 12.1 Å². The minimum atomic E-state index is 0.0387. The first-order valence-corrected chi connectivity index (χ1v) is 8.60. The van der Waals surface area contributed by atoms with Gasteiger partial charge in [-0.2, -0.15) is 0 Å². The number of carbonyl (C=O) groups is 1. The number of hydrogen-bond acceptors (Lipinski definition) is 5. The van der Waals surface area contributed by atoms with Gasteiger partial charge in [0.25, 0.3) is 0 Å². The van der Waals surface area contributed by atoms with Gasteiger partial charge in [0.2, 0.25) is 0 Å². The Bertz CT molecular complexity index is 924. The molecular formula is C22H22O5. The number of phenols is 1. The van der Waals surface area contributed by atoms with Gasteiger partial charge in [0.1, 0.15) is 0 Å². The highest BCUT2D eigenvalue weighted by atomic mass is 16.5. The van der Waals surface area contributed by atoms with Crippen LogP contribution >= 0.6 is 0 Å². The molecule has 1 saturated carbocycles. The quantitative estimate of drug-likeness (QED) is 0.802. The van der Waals surface area contributed by atoms with Crippen LogP contribution in [0.2, 0.25) is 0 Å². The van der Waals surface area contributed by atoms with Crippen LogP contribution in [0, 0.1) is 0 Å². The van der Waals surface area contributed by atoms with Crippen molar-refractivity contribution < 1.29 is 24.1 Å². The second kappa shape index (κ2) is 7.99. The molecule has 1 fully saturated rings. The Morgan fingerprint density at radius 3 is 1.85 bits per heavy atom. The van der Waals surface area contributed by atoms with E-state index in [-0.39, 0.29) is 11.5 Å². The molecule has 140 valence electrons. The summed E-state index contributed by atoms with van der Waals surface area (Å²) in [4.78, 5) is 12.7. The van der Waals surface area contributed by atoms with Crippen LogP contribution in [0.25, 0.3) is 12.2 Å². The van der Waals surface area contributed by atoms with Crippen LogP contribution in [0.15, 0.2) is 47.5 Å². The maximum absolute atomic E-state index is 12.7. The number of hydrogen-bond donors (Lipinski definition) is 1. The second-order valence-electron chi connectivity index (χ2n) is 6.21. The second-order valence-corrected chi connectivity index (χ2v) is 6.21. The Hall–Kier alpha value is -3.21. The predicted octanol–water partition coefficient (Wildman–Crippen LogP) is 4.25. The summed E-state index contributed by atoms with van der Waals surface area (Å²) in [5.41, 5.74) is 3.22. The van der Waals surface area contributed by atoms with Gasteiger partial charge in [-0.3, -0.25) is 4.79 Å². The summed E-state index contributed by atoms with van der Waals surface area (Å²) in [5, 5.41) is 9.69. The van der Waals surface area contributed by atoms with Crippen molar-refractivity contribution in [3.05, 3.63) is 58.7 Å². The standard InChI is InChI=1S/C22H22O5/c1-25-19-9-5-15(13-21(19)27-3)11-17-7-6-16(22(17)24)10-14-4-8-18(23)20(12-14)26-2/h4-5,8-13,23H,6-7H2,1-3H3/b16-10+,17-11+. The van der Waals surface area contributed by atoms with E-state index in [0.29, 0.717) is 30.1 Å². The van der Waals surface area contributed by atoms with Crippen LogP contribution < -0.4 is 14.2 Å². The zero-order valence-corrected chi connectivity index (χ0v) is 15.6. The lowest BCUT2D eigenvalue weighted by molar-refractivity contribution is -0.111. The third-order valence-electron chi connectivity index (χ3n) is 4.54. The fraction of sp³-hybridized carbons (Fsp3) is 0.227. The van der Waals surface area contributed by atoms with Crippen LogP contribution in [-0.4, -0.2) is 32.2 Å². The maximum atomic E-state index is 12.7. The third-order valence-corrected chi connectivity index (χ3v) is 4.54. The topological polar surface area (TPSA) is 65.0 Å². The van der Waals surface area contributed by atoms with Crippen molar-refractivity contribution in [3.8, 4) is 23.0 Å². The minimum absolute atomic E-state index is 0.0387. The molecule has 2 aromatic carbocycles. The Morgan fingerprint density at radius 2 is 1.30 bits per heavy atom. The molecule has 0 amide bonds. The van der Waals surface area contributed by atoms with Gasteiger partial charge in [-0.15, -0.1) is 0 Å². The molecule has 3 rings (SSSR count). The van der Waals surface area contributed by atoms with E-state index in [9.17, 15) is 9.90 Å². The van der Waals surface area contributed by atoms with E-state index in [0.717, 1.165) is 22.3 Å². The molecule has 0 spiro atoms. The van der Waals surface area contributed by atoms with E-state index < -0.39 is 0 Å². The number of ether oxygens (including phenoxy) is 3. The van der Waals surface area contributed by atoms with Crippen molar-refractivity contribution in [2.45, 2.75) is 12.8 Å². The Kier molecular flexibility index (Phi) is 5.50. The number of methoxy groups -OCH3 is 3. The van der Waals surface area contributed by atoms with Gasteiger partial charge in [0, 0.05) is 11.1 Å². The molecule has 0 radical (unpaired) electrons. The van der Waals surface area contributed by atoms with E-state index in [1.54, 1.807) is 32.4 Å². The van der Waals surface area contributed by atoms with Crippen LogP contribution in [0.1, 0.15) is 24.0 Å². The van der Waals surface area contributed by atoms with Gasteiger partial charge in [-0.05, 0) is 60.4 Å². The van der Waals surface area contributed by atoms with Crippen LogP contribution in [-0.2, 0) is 4.79 Å². The molecule has 0 atom stereocenters. The lowest BCUT2D eigenvalue weighted by atomic mass is 10.1. The molecular weight excluding hydrogens is 344 g/mol. The number of phenolic OH excluding ortho intramolecular Hbond substituents is 1. The number of aromatic hydroxyl groups is 1. The molecule has 1 aliphatic rings. The number of Topliss-reactive ketones (excluding diaryl/α,β-unsaturated/α-hetero) is 1. The van der Waals surface area contributed by atoms with E-state index in [4.69, 9.17) is 14.2 Å². The van der Waals surface area contributed by atoms with E-state index in [2.05, 4.69) is 0 Å². The minimum Gasteiger partial charge on any atom is -0.504 e. The first kappa shape index (κ1) is 18.6. The molecule has 0 aromatic heterocycles. The first-order chi connectivity index (χ1) is 13.0. The van der Waals surface area contributed by atoms with Crippen molar-refractivity contribution in [1.82, 2.24) is 0 Å². The van der Waals surface area contributed by atoms with Crippen LogP contribution in [0.4, 0.5) is 0 Å². The van der Waals surface area contributed by atoms with E-state index in [1.807, 2.05) is 30.4 Å². The molecule has 0 saturated heterocycles. The van der Waals surface area contributed by atoms with Crippen molar-refractivity contribution >= 4 is 17.9 Å². The lowest BCUT2D eigenvalue weighted by Crippen LogP contribution is -1.96. The summed E-state index contributed by atoms with van der Waals surface area (Å²) in [6.45, 7) is 0. The molecule has 1 aliphatic carbocycles. The normalized spacial score (nSPS) is 16.8. The highest BCUT2D eigenvalue weighted by Crippen LogP contribution is 2.33. The summed E-state index contributed by atoms with van der Waals surface area (Å²) in [7, 11) is 4.67. The Balaban J connectivity index is 1.85. The smallest absolute Gasteiger partial charge is 0.185 e. The highest BCUT2D eigenvalue weighted by molar-refractivity contribution is 6.15. The molecule has 0 unspecified atom stereocenters. The van der Waals surface area contributed by atoms with E-state index in [1.165, 1.54) is 7.11 Å². The van der Waals surface area contributed by atoms with Crippen molar-refractivity contribution in [2.75, 3.05) is 21.3 Å². The molecule has 2 aromatic rings. The summed E-state index contributed by atoms with van der Waals surface area (Å²) >= 11 is 0. The lowest BCUT2D eigenvalue weighted by Gasteiger charge is -2.08. The van der Waals surface area contributed by atoms with Gasteiger partial charge in [0.05, 0.1) is 21.3 Å². The van der Waals surface area contributed by atoms with Gasteiger partial charge >= 0.3 is 0 Å². The zero-order chi connectivity index (χ0) is 19.4. The Morgan fingerprint density at radius 1 is 0.778 bits per heavy atom. The molecule has 0 heterocycles. The number of ketones is 1. The molecule has 0 aliphatic heterocycles. The fourth-order valence-corrected chi connectivity index (χ4v) is 3.11. The average molecular weight is 366 g/mol. The number of rotatable bonds is 5. The number of allylic oxidation sites excluding steroid dienone is 2. The van der Waals surface area contributed by atoms with Gasteiger partial charge in [-0.25, -0.2) is 0 Å². The number of carbonyl (C=O) groups excluding carboxylic acids is 1. The predicted molar refractivity (Wildman–Crippen MR) is 104 cm³/mol. The summed E-state index contributed by atoms with van der Waals surface area (Å²) in [5.74, 6) is 1.78. The molecule has 5 nitrogen and oxygen atoms in total. The largest absolute Gasteiger partial charge is 0.504 e. The summed E-state index contributed by atoms with van der Waals surface area (Å²) < 4.78 is 15.7. The fourth-order valence-electron chi connectivity index (χ4n) is 3.11. The molecule has 27 heavy (non-hydrogen) atoms. The van der Waals surface area contributed by atoms with Crippen LogP contribution in [0.5, 0.6) is 23.0 Å². The van der Waals surface area contributed by atoms with Crippen molar-refractivity contribution in [1.29, 1.82) is 0 Å².